The number of aromatic nitrogens is 2. The topological polar surface area (TPSA) is 101 Å². The van der Waals surface area contributed by atoms with E-state index in [-0.39, 0.29) is 9.20 Å². The summed E-state index contributed by atoms with van der Waals surface area (Å²) in [5.74, 6) is 0. The highest BCUT2D eigenvalue weighted by Crippen LogP contribution is 2.23. The fraction of sp³-hybridized carbons (Fsp3) is 0. The fourth-order valence-electron chi connectivity index (χ4n) is 1.11. The Morgan fingerprint density at radius 3 is 2.82 bits per heavy atom. The molecule has 0 aliphatic carbocycles. The minimum absolute atomic E-state index is 0.154. The Hall–Kier alpha value is -1.45. The molecule has 90 valence electrons. The monoisotopic (exact) mass is 288 g/mol. The summed E-state index contributed by atoms with van der Waals surface area (Å²) < 4.78 is 26.3. The zero-order valence-corrected chi connectivity index (χ0v) is 10.8. The molecule has 0 amide bonds. The number of nitrogens with one attached hydrogen (secondary N) is 2. The lowest BCUT2D eigenvalue weighted by molar-refractivity contribution is 0.603. The van der Waals surface area contributed by atoms with Gasteiger partial charge >= 0.3 is 0 Å². The van der Waals surface area contributed by atoms with Gasteiger partial charge in [0.1, 0.15) is 9.20 Å². The van der Waals surface area contributed by atoms with Crippen LogP contribution in [0.5, 0.6) is 0 Å². The second-order valence-corrected chi connectivity index (χ2v) is 6.51. The third-order valence-corrected chi connectivity index (χ3v) is 5.18. The van der Waals surface area contributed by atoms with Crippen molar-refractivity contribution >= 4 is 44.3 Å². The van der Waals surface area contributed by atoms with Gasteiger partial charge in [0.2, 0.25) is 0 Å². The van der Waals surface area contributed by atoms with E-state index in [1.165, 1.54) is 18.5 Å². The summed E-state index contributed by atoms with van der Waals surface area (Å²) in [6.07, 6.45) is 2.82. The number of thiocarbonyl (C=S) groups is 1. The van der Waals surface area contributed by atoms with Crippen molar-refractivity contribution in [1.82, 2.24) is 10.2 Å². The number of hydrogen-bond donors (Lipinski definition) is 3. The number of anilines is 1. The lowest BCUT2D eigenvalue weighted by Crippen LogP contribution is -2.11. The zero-order chi connectivity index (χ0) is 12.5. The first-order chi connectivity index (χ1) is 7.99. The normalized spacial score (nSPS) is 11.3. The van der Waals surface area contributed by atoms with Gasteiger partial charge in [-0.3, -0.25) is 9.82 Å². The van der Waals surface area contributed by atoms with E-state index in [4.69, 9.17) is 18.0 Å². The molecule has 0 radical (unpaired) electrons. The first-order valence-electron chi connectivity index (χ1n) is 4.40. The molecule has 17 heavy (non-hydrogen) atoms. The maximum absolute atomic E-state index is 11.9. The predicted octanol–water partition coefficient (Wildman–Crippen LogP) is 0.906. The van der Waals surface area contributed by atoms with Gasteiger partial charge in [0.05, 0.1) is 16.8 Å². The van der Waals surface area contributed by atoms with Crippen molar-refractivity contribution < 1.29 is 8.42 Å². The number of aromatic amines is 1. The van der Waals surface area contributed by atoms with Crippen LogP contribution in [0.2, 0.25) is 0 Å². The Morgan fingerprint density at radius 2 is 2.29 bits per heavy atom. The van der Waals surface area contributed by atoms with Gasteiger partial charge in [0.15, 0.2) is 0 Å². The second kappa shape index (κ2) is 4.43. The lowest BCUT2D eigenvalue weighted by atomic mass is 10.5. The van der Waals surface area contributed by atoms with Crippen molar-refractivity contribution in [2.24, 2.45) is 5.73 Å². The van der Waals surface area contributed by atoms with Crippen LogP contribution in [0.3, 0.4) is 0 Å². The van der Waals surface area contributed by atoms with Crippen LogP contribution in [-0.2, 0) is 10.0 Å². The van der Waals surface area contributed by atoms with Gasteiger partial charge in [-0.2, -0.15) is 5.10 Å². The molecule has 2 rings (SSSR count). The quantitative estimate of drug-likeness (QED) is 0.726. The van der Waals surface area contributed by atoms with Crippen LogP contribution in [0.15, 0.2) is 28.7 Å². The molecule has 0 saturated heterocycles. The zero-order valence-electron chi connectivity index (χ0n) is 8.38. The van der Waals surface area contributed by atoms with E-state index < -0.39 is 10.0 Å². The van der Waals surface area contributed by atoms with Gasteiger partial charge in [-0.1, -0.05) is 12.2 Å². The van der Waals surface area contributed by atoms with Gasteiger partial charge in [-0.05, 0) is 12.1 Å². The Morgan fingerprint density at radius 1 is 1.53 bits per heavy atom. The van der Waals surface area contributed by atoms with Crippen LogP contribution in [0.25, 0.3) is 0 Å². The third kappa shape index (κ3) is 2.62. The average Bonchev–Trinajstić information content (AvgIpc) is 2.84. The summed E-state index contributed by atoms with van der Waals surface area (Å²) in [4.78, 5) is 0.743. The smallest absolute Gasteiger partial charge is 0.271 e. The van der Waals surface area contributed by atoms with E-state index in [1.54, 1.807) is 6.07 Å². The van der Waals surface area contributed by atoms with Crippen LogP contribution in [0.4, 0.5) is 5.69 Å². The number of nitrogens with zero attached hydrogens (tertiary/aromatic N) is 1. The minimum atomic E-state index is -3.60. The van der Waals surface area contributed by atoms with E-state index in [0.29, 0.717) is 10.6 Å². The average molecular weight is 288 g/mol. The van der Waals surface area contributed by atoms with Crippen molar-refractivity contribution in [3.8, 4) is 0 Å². The summed E-state index contributed by atoms with van der Waals surface area (Å²) in [6.45, 7) is 0. The molecule has 0 aliphatic heterocycles. The van der Waals surface area contributed by atoms with E-state index >= 15 is 0 Å². The van der Waals surface area contributed by atoms with Crippen LogP contribution < -0.4 is 10.5 Å². The van der Waals surface area contributed by atoms with Gasteiger partial charge < -0.3 is 5.73 Å². The molecule has 9 heteroatoms. The van der Waals surface area contributed by atoms with Crippen LogP contribution in [0.1, 0.15) is 4.88 Å². The summed E-state index contributed by atoms with van der Waals surface area (Å²) in [5.41, 5.74) is 5.79. The molecule has 0 saturated carbocycles. The van der Waals surface area contributed by atoms with Gasteiger partial charge in [-0.25, -0.2) is 8.42 Å². The van der Waals surface area contributed by atoms with Crippen LogP contribution in [-0.4, -0.2) is 23.6 Å². The Labute approximate surface area is 107 Å². The molecule has 2 aromatic heterocycles. The van der Waals surface area contributed by atoms with Crippen molar-refractivity contribution in [3.05, 3.63) is 29.4 Å². The summed E-state index contributed by atoms with van der Waals surface area (Å²) in [6, 6.07) is 3.04. The molecule has 0 aliphatic rings. The predicted molar refractivity (Wildman–Crippen MR) is 69.6 cm³/mol. The van der Waals surface area contributed by atoms with E-state index in [9.17, 15) is 8.42 Å². The Kier molecular flexibility index (Phi) is 3.13. The Balaban J connectivity index is 2.28. The highest BCUT2D eigenvalue weighted by atomic mass is 32.2. The van der Waals surface area contributed by atoms with E-state index in [2.05, 4.69) is 14.9 Å². The van der Waals surface area contributed by atoms with Crippen LogP contribution in [0, 0.1) is 0 Å². The number of sulfonamides is 1. The number of H-pyrrole nitrogens is 1. The van der Waals surface area contributed by atoms with Gasteiger partial charge in [0.25, 0.3) is 10.0 Å². The van der Waals surface area contributed by atoms with Gasteiger partial charge in [0, 0.05) is 6.20 Å². The molecule has 0 unspecified atom stereocenters. The molecule has 4 N–H and O–H groups in total. The van der Waals surface area contributed by atoms with Crippen molar-refractivity contribution in [1.29, 1.82) is 0 Å². The molecular weight excluding hydrogens is 280 g/mol. The second-order valence-electron chi connectivity index (χ2n) is 3.08. The van der Waals surface area contributed by atoms with Gasteiger partial charge in [-0.15, -0.1) is 11.3 Å². The number of nitrogens with two attached hydrogens (primary N) is 1. The highest BCUT2D eigenvalue weighted by Gasteiger charge is 2.17. The molecule has 0 bridgehead atoms. The van der Waals surface area contributed by atoms with E-state index in [0.717, 1.165) is 11.3 Å². The standard InChI is InChI=1S/C8H8N4O2S3/c9-8(15)6-1-2-7(16-6)17(13,14)12-5-3-10-11-4-5/h1-4,12H,(H2,9,15)(H,10,11). The Bertz CT molecular complexity index is 630. The maximum Gasteiger partial charge on any atom is 0.271 e. The minimum Gasteiger partial charge on any atom is -0.389 e. The molecule has 2 heterocycles. The van der Waals surface area contributed by atoms with Crippen LogP contribution >= 0.6 is 23.6 Å². The molecule has 0 spiro atoms. The molecule has 0 fully saturated rings. The number of thiophene rings is 1. The molecule has 0 atom stereocenters. The summed E-state index contributed by atoms with van der Waals surface area (Å²) in [7, 11) is -3.60. The van der Waals surface area contributed by atoms with E-state index in [1.807, 2.05) is 0 Å². The number of hydrogen-bond acceptors (Lipinski definition) is 5. The number of rotatable bonds is 4. The van der Waals surface area contributed by atoms with Crippen molar-refractivity contribution in [3.63, 3.8) is 0 Å². The van der Waals surface area contributed by atoms with Crippen molar-refractivity contribution in [2.75, 3.05) is 4.72 Å². The molecule has 0 aromatic carbocycles. The first-order valence-corrected chi connectivity index (χ1v) is 7.11. The largest absolute Gasteiger partial charge is 0.389 e. The lowest BCUT2D eigenvalue weighted by Gasteiger charge is -2.02. The maximum atomic E-state index is 11.9. The van der Waals surface area contributed by atoms with Crippen molar-refractivity contribution in [2.45, 2.75) is 4.21 Å². The molecular formula is C8H8N4O2S3. The first kappa shape index (κ1) is 12.0. The SMILES string of the molecule is NC(=S)c1ccc(S(=O)(=O)Nc2cn[nH]c2)s1. The highest BCUT2D eigenvalue weighted by molar-refractivity contribution is 7.94. The summed E-state index contributed by atoms with van der Waals surface area (Å²) >= 11 is 5.79. The third-order valence-electron chi connectivity index (χ3n) is 1.84. The molecule has 2 aromatic rings. The molecule has 6 nitrogen and oxygen atoms in total. The summed E-state index contributed by atoms with van der Waals surface area (Å²) in [5, 5.41) is 6.16. The fourth-order valence-corrected chi connectivity index (χ4v) is 3.49.